The zero-order valence-corrected chi connectivity index (χ0v) is 12.5. The van der Waals surface area contributed by atoms with Gasteiger partial charge in [0.05, 0.1) is 0 Å². The van der Waals surface area contributed by atoms with Crippen molar-refractivity contribution in [2.45, 2.75) is 58.0 Å². The van der Waals surface area contributed by atoms with Gasteiger partial charge in [-0.3, -0.25) is 4.90 Å². The average Bonchev–Trinajstić information content (AvgIpc) is 2.46. The van der Waals surface area contributed by atoms with Crippen LogP contribution in [0.1, 0.15) is 57.1 Å². The maximum absolute atomic E-state index is 6.72. The van der Waals surface area contributed by atoms with Crippen molar-refractivity contribution in [2.24, 2.45) is 5.73 Å². The molecule has 2 rings (SSSR count). The number of hydrogen-bond acceptors (Lipinski definition) is 2. The van der Waals surface area contributed by atoms with Gasteiger partial charge in [-0.15, -0.1) is 0 Å². The van der Waals surface area contributed by atoms with E-state index in [0.717, 1.165) is 32.5 Å². The van der Waals surface area contributed by atoms with Gasteiger partial charge >= 0.3 is 0 Å². The molecule has 0 bridgehead atoms. The molecule has 1 fully saturated rings. The number of hydrogen-bond donors (Lipinski definition) is 1. The molecular weight excluding hydrogens is 232 g/mol. The van der Waals surface area contributed by atoms with E-state index in [1.807, 2.05) is 0 Å². The smallest absolute Gasteiger partial charge is 0.0412 e. The molecule has 2 heteroatoms. The van der Waals surface area contributed by atoms with Crippen LogP contribution in [0.4, 0.5) is 0 Å². The zero-order chi connectivity index (χ0) is 13.7. The Morgan fingerprint density at radius 2 is 1.68 bits per heavy atom. The molecule has 1 aromatic carbocycles. The van der Waals surface area contributed by atoms with Gasteiger partial charge in [0, 0.05) is 12.1 Å². The fourth-order valence-corrected chi connectivity index (χ4v) is 3.28. The Hall–Kier alpha value is -0.860. The molecule has 1 aliphatic carbocycles. The van der Waals surface area contributed by atoms with E-state index in [1.165, 1.54) is 30.4 Å². The Kier molecular flexibility index (Phi) is 5.00. The van der Waals surface area contributed by atoms with Gasteiger partial charge < -0.3 is 5.73 Å². The fraction of sp³-hybridized carbons (Fsp3) is 0.647. The Labute approximate surface area is 118 Å². The Bertz CT molecular complexity index is 390. The van der Waals surface area contributed by atoms with Gasteiger partial charge in [-0.2, -0.15) is 0 Å². The molecule has 0 spiro atoms. The maximum Gasteiger partial charge on any atom is 0.0412 e. The molecule has 0 atom stereocenters. The molecule has 0 heterocycles. The molecule has 2 N–H and O–H groups in total. The second-order valence-electron chi connectivity index (χ2n) is 5.84. The molecule has 2 nitrogen and oxygen atoms in total. The third-order valence-corrected chi connectivity index (χ3v) is 4.59. The summed E-state index contributed by atoms with van der Waals surface area (Å²) >= 11 is 0. The van der Waals surface area contributed by atoms with Gasteiger partial charge in [-0.25, -0.2) is 0 Å². The highest BCUT2D eigenvalue weighted by molar-refractivity contribution is 5.34. The van der Waals surface area contributed by atoms with E-state index in [-0.39, 0.29) is 5.54 Å². The van der Waals surface area contributed by atoms with E-state index >= 15 is 0 Å². The van der Waals surface area contributed by atoms with Crippen molar-refractivity contribution in [1.82, 2.24) is 4.90 Å². The highest BCUT2D eigenvalue weighted by Crippen LogP contribution is 2.36. The van der Waals surface area contributed by atoms with Gasteiger partial charge in [0.1, 0.15) is 0 Å². The Balaban J connectivity index is 2.24. The highest BCUT2D eigenvalue weighted by Gasteiger charge is 2.31. The molecule has 1 aromatic rings. The lowest BCUT2D eigenvalue weighted by atomic mass is 9.76. The summed E-state index contributed by atoms with van der Waals surface area (Å²) in [5, 5.41) is 0. The monoisotopic (exact) mass is 260 g/mol. The van der Waals surface area contributed by atoms with Crippen LogP contribution in [0.15, 0.2) is 24.3 Å². The van der Waals surface area contributed by atoms with Crippen LogP contribution in [0.5, 0.6) is 0 Å². The zero-order valence-electron chi connectivity index (χ0n) is 12.5. The van der Waals surface area contributed by atoms with E-state index < -0.39 is 0 Å². The van der Waals surface area contributed by atoms with Gasteiger partial charge in [0.25, 0.3) is 0 Å². The van der Waals surface area contributed by atoms with Gasteiger partial charge in [0.2, 0.25) is 0 Å². The van der Waals surface area contributed by atoms with Crippen molar-refractivity contribution in [3.8, 4) is 0 Å². The van der Waals surface area contributed by atoms with Gasteiger partial charge in [0.15, 0.2) is 0 Å². The van der Waals surface area contributed by atoms with Gasteiger partial charge in [-0.1, -0.05) is 57.4 Å². The minimum atomic E-state index is -0.0814. The SMILES string of the molecule is CCN(CC)Cc1ccccc1C1(N)CCCCC1. The lowest BCUT2D eigenvalue weighted by Gasteiger charge is -2.36. The predicted molar refractivity (Wildman–Crippen MR) is 82.0 cm³/mol. The Morgan fingerprint density at radius 3 is 2.32 bits per heavy atom. The molecule has 1 saturated carbocycles. The summed E-state index contributed by atoms with van der Waals surface area (Å²) in [6.07, 6.45) is 6.17. The Morgan fingerprint density at radius 1 is 1.05 bits per heavy atom. The third-order valence-electron chi connectivity index (χ3n) is 4.59. The van der Waals surface area contributed by atoms with E-state index in [1.54, 1.807) is 0 Å². The summed E-state index contributed by atoms with van der Waals surface area (Å²) in [6.45, 7) is 7.68. The first-order valence-electron chi connectivity index (χ1n) is 7.79. The first-order valence-corrected chi connectivity index (χ1v) is 7.79. The molecule has 19 heavy (non-hydrogen) atoms. The molecule has 106 valence electrons. The first kappa shape index (κ1) is 14.5. The quantitative estimate of drug-likeness (QED) is 0.875. The molecule has 0 radical (unpaired) electrons. The van der Waals surface area contributed by atoms with Crippen LogP contribution in [-0.2, 0) is 12.1 Å². The molecule has 0 aliphatic heterocycles. The average molecular weight is 260 g/mol. The van der Waals surface area contributed by atoms with E-state index in [0.29, 0.717) is 0 Å². The summed E-state index contributed by atoms with van der Waals surface area (Å²) in [5.74, 6) is 0. The first-order chi connectivity index (χ1) is 9.19. The molecule has 0 amide bonds. The van der Waals surface area contributed by atoms with Crippen LogP contribution in [-0.4, -0.2) is 18.0 Å². The molecular formula is C17H28N2. The van der Waals surface area contributed by atoms with Crippen LogP contribution in [0.2, 0.25) is 0 Å². The van der Waals surface area contributed by atoms with E-state index in [2.05, 4.69) is 43.0 Å². The normalized spacial score (nSPS) is 18.7. The minimum Gasteiger partial charge on any atom is -0.321 e. The second-order valence-corrected chi connectivity index (χ2v) is 5.84. The molecule has 0 saturated heterocycles. The summed E-state index contributed by atoms with van der Waals surface area (Å²) in [7, 11) is 0. The van der Waals surface area contributed by atoms with Crippen LogP contribution in [0, 0.1) is 0 Å². The van der Waals surface area contributed by atoms with E-state index in [9.17, 15) is 0 Å². The number of nitrogens with zero attached hydrogens (tertiary/aromatic N) is 1. The summed E-state index contributed by atoms with van der Waals surface area (Å²) in [5.41, 5.74) is 9.46. The second kappa shape index (κ2) is 6.53. The van der Waals surface area contributed by atoms with Crippen molar-refractivity contribution < 1.29 is 0 Å². The third kappa shape index (κ3) is 3.37. The van der Waals surface area contributed by atoms with Crippen LogP contribution in [0.25, 0.3) is 0 Å². The van der Waals surface area contributed by atoms with Crippen molar-refractivity contribution in [1.29, 1.82) is 0 Å². The predicted octanol–water partition coefficient (Wildman–Crippen LogP) is 3.65. The van der Waals surface area contributed by atoms with Crippen LogP contribution in [0.3, 0.4) is 0 Å². The van der Waals surface area contributed by atoms with Crippen molar-refractivity contribution in [2.75, 3.05) is 13.1 Å². The summed E-state index contributed by atoms with van der Waals surface area (Å²) in [6, 6.07) is 8.81. The summed E-state index contributed by atoms with van der Waals surface area (Å²) in [4.78, 5) is 2.46. The summed E-state index contributed by atoms with van der Waals surface area (Å²) < 4.78 is 0. The number of rotatable bonds is 5. The van der Waals surface area contributed by atoms with E-state index in [4.69, 9.17) is 5.73 Å². The number of nitrogens with two attached hydrogens (primary N) is 1. The largest absolute Gasteiger partial charge is 0.321 e. The standard InChI is InChI=1S/C17H28N2/c1-3-19(4-2)14-15-10-6-7-11-16(15)17(18)12-8-5-9-13-17/h6-7,10-11H,3-5,8-9,12-14,18H2,1-2H3. The lowest BCUT2D eigenvalue weighted by Crippen LogP contribution is -2.40. The maximum atomic E-state index is 6.72. The molecule has 0 aromatic heterocycles. The van der Waals surface area contributed by atoms with Crippen molar-refractivity contribution >= 4 is 0 Å². The highest BCUT2D eigenvalue weighted by atomic mass is 15.1. The van der Waals surface area contributed by atoms with Gasteiger partial charge in [-0.05, 0) is 37.1 Å². The van der Waals surface area contributed by atoms with Crippen molar-refractivity contribution in [3.63, 3.8) is 0 Å². The van der Waals surface area contributed by atoms with Crippen LogP contribution >= 0.6 is 0 Å². The van der Waals surface area contributed by atoms with Crippen molar-refractivity contribution in [3.05, 3.63) is 35.4 Å². The lowest BCUT2D eigenvalue weighted by molar-refractivity contribution is 0.277. The van der Waals surface area contributed by atoms with Crippen LogP contribution < -0.4 is 5.73 Å². The minimum absolute atomic E-state index is 0.0814. The molecule has 0 unspecified atom stereocenters. The fourth-order valence-electron chi connectivity index (χ4n) is 3.28. The number of benzene rings is 1. The molecule has 1 aliphatic rings. The topological polar surface area (TPSA) is 29.3 Å².